The van der Waals surface area contributed by atoms with Crippen LogP contribution in [0.5, 0.6) is 0 Å². The molecule has 3 amide bonds. The Morgan fingerprint density at radius 2 is 1.63 bits per heavy atom. The Morgan fingerprint density at radius 3 is 2.30 bits per heavy atom. The molecule has 1 aliphatic carbocycles. The zero-order valence-electron chi connectivity index (χ0n) is 17.3. The fourth-order valence-corrected chi connectivity index (χ4v) is 4.86. The van der Waals surface area contributed by atoms with Gasteiger partial charge in [-0.3, -0.25) is 14.4 Å². The van der Waals surface area contributed by atoms with Crippen LogP contribution in [0.25, 0.3) is 0 Å². The van der Waals surface area contributed by atoms with Crippen LogP contribution in [0.15, 0.2) is 54.6 Å². The molecule has 2 aromatic carbocycles. The molecule has 6 nitrogen and oxygen atoms in total. The van der Waals surface area contributed by atoms with Gasteiger partial charge in [-0.25, -0.2) is 0 Å². The molecule has 0 unspecified atom stereocenters. The zero-order valence-corrected chi connectivity index (χ0v) is 17.3. The average molecular weight is 405 g/mol. The Morgan fingerprint density at radius 1 is 0.967 bits per heavy atom. The van der Waals surface area contributed by atoms with Crippen LogP contribution in [0.1, 0.15) is 42.5 Å². The first-order valence-corrected chi connectivity index (χ1v) is 10.4. The van der Waals surface area contributed by atoms with E-state index in [0.717, 1.165) is 11.1 Å². The number of likely N-dealkylation sites (tertiary alicyclic amines) is 1. The van der Waals surface area contributed by atoms with E-state index in [1.807, 2.05) is 47.4 Å². The van der Waals surface area contributed by atoms with Gasteiger partial charge in [-0.05, 0) is 16.7 Å². The third kappa shape index (κ3) is 3.95. The van der Waals surface area contributed by atoms with Crippen LogP contribution in [-0.4, -0.2) is 41.8 Å². The van der Waals surface area contributed by atoms with Crippen LogP contribution < -0.4 is 10.6 Å². The lowest BCUT2D eigenvalue weighted by molar-refractivity contribution is -0.129. The van der Waals surface area contributed by atoms with E-state index in [1.165, 1.54) is 12.5 Å². The minimum absolute atomic E-state index is 0.0622. The van der Waals surface area contributed by atoms with Gasteiger partial charge < -0.3 is 15.5 Å². The highest BCUT2D eigenvalue weighted by molar-refractivity contribution is 5.87. The molecular weight excluding hydrogens is 378 g/mol. The second kappa shape index (κ2) is 8.30. The number of fused-ring (bicyclic) bond motifs is 3. The molecule has 0 bridgehead atoms. The molecular formula is C24H27N3O3. The van der Waals surface area contributed by atoms with Crippen LogP contribution >= 0.6 is 0 Å². The van der Waals surface area contributed by atoms with Gasteiger partial charge in [0.15, 0.2) is 0 Å². The molecule has 6 heteroatoms. The first kappa shape index (κ1) is 20.1. The number of hydrogen-bond donors (Lipinski definition) is 2. The highest BCUT2D eigenvalue weighted by Gasteiger charge is 2.47. The van der Waals surface area contributed by atoms with E-state index < -0.39 is 6.04 Å². The molecule has 2 aliphatic rings. The van der Waals surface area contributed by atoms with Gasteiger partial charge in [0, 0.05) is 45.2 Å². The quantitative estimate of drug-likeness (QED) is 0.800. The van der Waals surface area contributed by atoms with Crippen molar-refractivity contribution in [3.63, 3.8) is 0 Å². The molecule has 0 spiro atoms. The van der Waals surface area contributed by atoms with Crippen LogP contribution in [0.4, 0.5) is 0 Å². The molecule has 1 fully saturated rings. The van der Waals surface area contributed by atoms with Gasteiger partial charge in [0.2, 0.25) is 17.7 Å². The summed E-state index contributed by atoms with van der Waals surface area (Å²) >= 11 is 0. The van der Waals surface area contributed by atoms with Gasteiger partial charge in [0.1, 0.15) is 6.04 Å². The van der Waals surface area contributed by atoms with Crippen LogP contribution in [0.3, 0.4) is 0 Å². The normalized spacial score (nSPS) is 22.7. The minimum Gasteiger partial charge on any atom is -0.347 e. The van der Waals surface area contributed by atoms with Crippen molar-refractivity contribution >= 4 is 17.7 Å². The Kier molecular flexibility index (Phi) is 5.57. The highest BCUT2D eigenvalue weighted by Crippen LogP contribution is 2.49. The SMILES string of the molecule is CC(=O)N[C@@H](Cc1ccccc1)C(=O)N[C@@H]1c2ccccc2[C@@H]2CN(C(C)=O)C[C@H]12. The van der Waals surface area contributed by atoms with E-state index in [-0.39, 0.29) is 35.6 Å². The second-order valence-corrected chi connectivity index (χ2v) is 8.25. The lowest BCUT2D eigenvalue weighted by Crippen LogP contribution is -2.49. The van der Waals surface area contributed by atoms with E-state index in [1.54, 1.807) is 6.92 Å². The molecule has 2 N–H and O–H groups in total. The van der Waals surface area contributed by atoms with Gasteiger partial charge in [0.25, 0.3) is 0 Å². The van der Waals surface area contributed by atoms with E-state index in [2.05, 4.69) is 22.8 Å². The summed E-state index contributed by atoms with van der Waals surface area (Å²) in [7, 11) is 0. The Hall–Kier alpha value is -3.15. The maximum Gasteiger partial charge on any atom is 0.243 e. The van der Waals surface area contributed by atoms with E-state index >= 15 is 0 Å². The number of hydrogen-bond acceptors (Lipinski definition) is 3. The number of carbonyl (C=O) groups is 3. The maximum absolute atomic E-state index is 13.2. The highest BCUT2D eigenvalue weighted by atomic mass is 16.2. The summed E-state index contributed by atoms with van der Waals surface area (Å²) < 4.78 is 0. The lowest BCUT2D eigenvalue weighted by atomic mass is 9.94. The number of carbonyl (C=O) groups excluding carboxylic acids is 3. The predicted octanol–water partition coefficient (Wildman–Crippen LogP) is 2.17. The summed E-state index contributed by atoms with van der Waals surface area (Å²) in [4.78, 5) is 38.8. The maximum atomic E-state index is 13.2. The fraction of sp³-hybridized carbons (Fsp3) is 0.375. The molecule has 4 atom stereocenters. The molecule has 30 heavy (non-hydrogen) atoms. The van der Waals surface area contributed by atoms with Crippen molar-refractivity contribution in [2.75, 3.05) is 13.1 Å². The van der Waals surface area contributed by atoms with Crippen molar-refractivity contribution in [3.05, 3.63) is 71.3 Å². The van der Waals surface area contributed by atoms with Crippen molar-refractivity contribution in [2.24, 2.45) is 5.92 Å². The predicted molar refractivity (Wildman–Crippen MR) is 114 cm³/mol. The molecule has 0 aromatic heterocycles. The second-order valence-electron chi connectivity index (χ2n) is 8.25. The van der Waals surface area contributed by atoms with Crippen LogP contribution in [0, 0.1) is 5.92 Å². The van der Waals surface area contributed by atoms with E-state index in [0.29, 0.717) is 19.5 Å². The number of nitrogens with zero attached hydrogens (tertiary/aromatic N) is 1. The van der Waals surface area contributed by atoms with Gasteiger partial charge >= 0.3 is 0 Å². The molecule has 1 saturated heterocycles. The van der Waals surface area contributed by atoms with Gasteiger partial charge in [0.05, 0.1) is 6.04 Å². The summed E-state index contributed by atoms with van der Waals surface area (Å²) in [6.45, 7) is 4.33. The smallest absolute Gasteiger partial charge is 0.243 e. The number of nitrogens with one attached hydrogen (secondary N) is 2. The van der Waals surface area contributed by atoms with Crippen LogP contribution in [-0.2, 0) is 20.8 Å². The minimum atomic E-state index is -0.651. The summed E-state index contributed by atoms with van der Waals surface area (Å²) in [5.74, 6) is -0.00367. The molecule has 156 valence electrons. The lowest BCUT2D eigenvalue weighted by Gasteiger charge is -2.25. The van der Waals surface area contributed by atoms with Crippen molar-refractivity contribution in [1.82, 2.24) is 15.5 Å². The molecule has 1 heterocycles. The zero-order chi connectivity index (χ0) is 21.3. The molecule has 0 radical (unpaired) electrons. The van der Waals surface area contributed by atoms with Crippen molar-refractivity contribution in [1.29, 1.82) is 0 Å². The summed E-state index contributed by atoms with van der Waals surface area (Å²) in [6.07, 6.45) is 0.425. The Balaban J connectivity index is 1.56. The van der Waals surface area contributed by atoms with E-state index in [4.69, 9.17) is 0 Å². The van der Waals surface area contributed by atoms with Crippen LogP contribution in [0.2, 0.25) is 0 Å². The van der Waals surface area contributed by atoms with Crippen molar-refractivity contribution in [2.45, 2.75) is 38.3 Å². The Bertz CT molecular complexity index is 959. The van der Waals surface area contributed by atoms with Gasteiger partial charge in [-0.15, -0.1) is 0 Å². The number of benzene rings is 2. The third-order valence-electron chi connectivity index (χ3n) is 6.24. The standard InChI is InChI=1S/C24H27N3O3/c1-15(28)25-22(12-17-8-4-3-5-9-17)24(30)26-23-19-11-7-6-10-18(19)20-13-27(16(2)29)14-21(20)23/h3-11,20-23H,12-14H2,1-2H3,(H,25,28)(H,26,30)/t20-,21-,22-,23+/m0/s1. The molecule has 2 aromatic rings. The van der Waals surface area contributed by atoms with E-state index in [9.17, 15) is 14.4 Å². The van der Waals surface area contributed by atoms with Crippen molar-refractivity contribution < 1.29 is 14.4 Å². The van der Waals surface area contributed by atoms with Gasteiger partial charge in [-0.2, -0.15) is 0 Å². The number of amides is 3. The summed E-state index contributed by atoms with van der Waals surface area (Å²) in [5.41, 5.74) is 3.31. The largest absolute Gasteiger partial charge is 0.347 e. The number of rotatable bonds is 5. The molecule has 1 aliphatic heterocycles. The first-order valence-electron chi connectivity index (χ1n) is 10.4. The van der Waals surface area contributed by atoms with Gasteiger partial charge in [-0.1, -0.05) is 54.6 Å². The topological polar surface area (TPSA) is 78.5 Å². The monoisotopic (exact) mass is 405 g/mol. The first-order chi connectivity index (χ1) is 14.4. The molecule has 0 saturated carbocycles. The van der Waals surface area contributed by atoms with Crippen molar-refractivity contribution in [3.8, 4) is 0 Å². The molecule has 4 rings (SSSR count). The fourth-order valence-electron chi connectivity index (χ4n) is 4.86. The summed E-state index contributed by atoms with van der Waals surface area (Å²) in [6, 6.07) is 17.0. The average Bonchev–Trinajstić information content (AvgIpc) is 3.27. The Labute approximate surface area is 176 Å². The third-order valence-corrected chi connectivity index (χ3v) is 6.24. The summed E-state index contributed by atoms with van der Waals surface area (Å²) in [5, 5.41) is 6.00.